The van der Waals surface area contributed by atoms with E-state index in [1.54, 1.807) is 6.07 Å². The smallest absolute Gasteiger partial charge is 0.317 e. The van der Waals surface area contributed by atoms with Crippen LogP contribution in [0.3, 0.4) is 0 Å². The molecule has 1 aromatic heterocycles. The number of carbonyl (C=O) groups is 4. The van der Waals surface area contributed by atoms with Crippen molar-refractivity contribution in [1.82, 2.24) is 15.5 Å². The quantitative estimate of drug-likeness (QED) is 0.565. The van der Waals surface area contributed by atoms with Gasteiger partial charge in [-0.25, -0.2) is 4.79 Å². The third-order valence-electron chi connectivity index (χ3n) is 6.14. The number of ketones is 2. The average Bonchev–Trinajstić information content (AvgIpc) is 3.32. The van der Waals surface area contributed by atoms with E-state index >= 15 is 0 Å². The van der Waals surface area contributed by atoms with E-state index in [-0.39, 0.29) is 55.2 Å². The van der Waals surface area contributed by atoms with Gasteiger partial charge in [0, 0.05) is 50.9 Å². The summed E-state index contributed by atoms with van der Waals surface area (Å²) in [6.45, 7) is 1.26. The van der Waals surface area contributed by atoms with Gasteiger partial charge in [-0.15, -0.1) is 11.3 Å². The van der Waals surface area contributed by atoms with Gasteiger partial charge in [0.2, 0.25) is 5.91 Å². The molecule has 3 rings (SSSR count). The highest BCUT2D eigenvalue weighted by Crippen LogP contribution is 2.18. The SMILES string of the molecule is O=C(CCC(=O)NC1CCN(C(=O)NC2CCCCC2)CC1)CCC(=O)c1cccs1. The summed E-state index contributed by atoms with van der Waals surface area (Å²) >= 11 is 1.38. The lowest BCUT2D eigenvalue weighted by molar-refractivity contribution is -0.126. The molecule has 2 N–H and O–H groups in total. The summed E-state index contributed by atoms with van der Waals surface area (Å²) in [4.78, 5) is 51.1. The van der Waals surface area contributed by atoms with Crippen LogP contribution in [0.2, 0.25) is 0 Å². The Kier molecular flexibility index (Phi) is 9.06. The molecule has 0 spiro atoms. The van der Waals surface area contributed by atoms with E-state index in [2.05, 4.69) is 10.6 Å². The molecule has 31 heavy (non-hydrogen) atoms. The number of urea groups is 1. The highest BCUT2D eigenvalue weighted by molar-refractivity contribution is 7.12. The van der Waals surface area contributed by atoms with Crippen LogP contribution < -0.4 is 10.6 Å². The number of Topliss-reactive ketones (excluding diaryl/α,β-unsaturated/α-hetero) is 2. The minimum Gasteiger partial charge on any atom is -0.353 e. The first kappa shape index (κ1) is 23.4. The fraction of sp³-hybridized carbons (Fsp3) is 0.652. The van der Waals surface area contributed by atoms with Crippen molar-refractivity contribution >= 4 is 34.8 Å². The van der Waals surface area contributed by atoms with E-state index in [0.29, 0.717) is 24.0 Å². The van der Waals surface area contributed by atoms with E-state index in [1.807, 2.05) is 16.3 Å². The summed E-state index contributed by atoms with van der Waals surface area (Å²) in [6.07, 6.45) is 7.91. The minimum atomic E-state index is -0.136. The number of likely N-dealkylation sites (tertiary alicyclic amines) is 1. The molecular formula is C23H33N3O4S. The van der Waals surface area contributed by atoms with E-state index in [1.165, 1.54) is 30.6 Å². The van der Waals surface area contributed by atoms with Crippen molar-refractivity contribution in [3.8, 4) is 0 Å². The topological polar surface area (TPSA) is 95.6 Å². The average molecular weight is 448 g/mol. The molecule has 0 atom stereocenters. The zero-order valence-corrected chi connectivity index (χ0v) is 18.9. The normalized spacial score (nSPS) is 17.9. The fourth-order valence-electron chi connectivity index (χ4n) is 4.23. The van der Waals surface area contributed by atoms with Gasteiger partial charge in [0.15, 0.2) is 5.78 Å². The molecule has 2 heterocycles. The summed E-state index contributed by atoms with van der Waals surface area (Å²) in [5, 5.41) is 7.97. The van der Waals surface area contributed by atoms with Crippen molar-refractivity contribution in [2.45, 2.75) is 82.7 Å². The van der Waals surface area contributed by atoms with Gasteiger partial charge in [-0.3, -0.25) is 14.4 Å². The van der Waals surface area contributed by atoms with E-state index in [4.69, 9.17) is 0 Å². The summed E-state index contributed by atoms with van der Waals surface area (Å²) < 4.78 is 0. The molecule has 1 aliphatic heterocycles. The first-order chi connectivity index (χ1) is 15.0. The van der Waals surface area contributed by atoms with Crippen molar-refractivity contribution in [2.75, 3.05) is 13.1 Å². The summed E-state index contributed by atoms with van der Waals surface area (Å²) in [5.41, 5.74) is 0. The Balaban J connectivity index is 1.27. The molecule has 1 saturated heterocycles. The standard InChI is InChI=1S/C23H33N3O4S/c27-19(8-10-20(28)21-7-4-16-31-21)9-11-22(29)24-18-12-14-26(15-13-18)23(30)25-17-5-2-1-3-6-17/h4,7,16-18H,1-3,5-6,8-15H2,(H,24,29)(H,25,30). The molecule has 0 radical (unpaired) electrons. The number of rotatable bonds is 9. The number of nitrogens with zero attached hydrogens (tertiary/aromatic N) is 1. The molecule has 7 nitrogen and oxygen atoms in total. The number of nitrogens with one attached hydrogen (secondary N) is 2. The molecular weight excluding hydrogens is 414 g/mol. The van der Waals surface area contributed by atoms with Crippen LogP contribution in [-0.4, -0.2) is 53.6 Å². The van der Waals surface area contributed by atoms with Crippen LogP contribution in [0.15, 0.2) is 17.5 Å². The summed E-state index contributed by atoms with van der Waals surface area (Å²) in [7, 11) is 0. The summed E-state index contributed by atoms with van der Waals surface area (Å²) in [5.74, 6) is -0.218. The Hall–Kier alpha value is -2.22. The summed E-state index contributed by atoms with van der Waals surface area (Å²) in [6, 6.07) is 3.94. The molecule has 0 bridgehead atoms. The highest BCUT2D eigenvalue weighted by Gasteiger charge is 2.25. The number of amides is 3. The predicted molar refractivity (Wildman–Crippen MR) is 120 cm³/mol. The molecule has 170 valence electrons. The third-order valence-corrected chi connectivity index (χ3v) is 7.05. The lowest BCUT2D eigenvalue weighted by atomic mass is 9.95. The Morgan fingerprint density at radius 2 is 1.55 bits per heavy atom. The first-order valence-electron chi connectivity index (χ1n) is 11.4. The van der Waals surface area contributed by atoms with E-state index in [0.717, 1.165) is 25.7 Å². The second-order valence-electron chi connectivity index (χ2n) is 8.55. The lowest BCUT2D eigenvalue weighted by Gasteiger charge is -2.34. The molecule has 2 fully saturated rings. The van der Waals surface area contributed by atoms with Crippen molar-refractivity contribution < 1.29 is 19.2 Å². The highest BCUT2D eigenvalue weighted by atomic mass is 32.1. The van der Waals surface area contributed by atoms with Crippen molar-refractivity contribution in [3.05, 3.63) is 22.4 Å². The van der Waals surface area contributed by atoms with Crippen LogP contribution in [0.1, 0.15) is 80.3 Å². The van der Waals surface area contributed by atoms with Gasteiger partial charge >= 0.3 is 6.03 Å². The molecule has 1 saturated carbocycles. The molecule has 1 aromatic rings. The van der Waals surface area contributed by atoms with Crippen LogP contribution in [0, 0.1) is 0 Å². The Bertz CT molecular complexity index is 751. The predicted octanol–water partition coefficient (Wildman–Crippen LogP) is 3.68. The number of thiophene rings is 1. The number of piperidine rings is 1. The van der Waals surface area contributed by atoms with Gasteiger partial charge in [-0.1, -0.05) is 25.3 Å². The van der Waals surface area contributed by atoms with Gasteiger partial charge in [0.1, 0.15) is 5.78 Å². The van der Waals surface area contributed by atoms with Gasteiger partial charge in [-0.05, 0) is 37.1 Å². The maximum atomic E-state index is 12.4. The minimum absolute atomic E-state index is 0.0133. The Labute approximate surface area is 187 Å². The molecule has 3 amide bonds. The van der Waals surface area contributed by atoms with Crippen molar-refractivity contribution in [2.24, 2.45) is 0 Å². The molecule has 0 unspecified atom stereocenters. The molecule has 1 aliphatic carbocycles. The van der Waals surface area contributed by atoms with Crippen LogP contribution in [0.5, 0.6) is 0 Å². The third kappa shape index (κ3) is 7.76. The van der Waals surface area contributed by atoms with E-state index < -0.39 is 0 Å². The van der Waals surface area contributed by atoms with Crippen molar-refractivity contribution in [1.29, 1.82) is 0 Å². The Morgan fingerprint density at radius 3 is 2.23 bits per heavy atom. The van der Waals surface area contributed by atoms with Crippen LogP contribution in [-0.2, 0) is 9.59 Å². The van der Waals surface area contributed by atoms with Gasteiger partial charge in [0.05, 0.1) is 4.88 Å². The van der Waals surface area contributed by atoms with Gasteiger partial charge in [-0.2, -0.15) is 0 Å². The van der Waals surface area contributed by atoms with Gasteiger partial charge < -0.3 is 15.5 Å². The monoisotopic (exact) mass is 447 g/mol. The number of hydrogen-bond donors (Lipinski definition) is 2. The van der Waals surface area contributed by atoms with E-state index in [9.17, 15) is 19.2 Å². The van der Waals surface area contributed by atoms with Crippen LogP contribution >= 0.6 is 11.3 Å². The number of hydrogen-bond acceptors (Lipinski definition) is 5. The first-order valence-corrected chi connectivity index (χ1v) is 12.3. The van der Waals surface area contributed by atoms with Crippen LogP contribution in [0.25, 0.3) is 0 Å². The largest absolute Gasteiger partial charge is 0.353 e. The zero-order valence-electron chi connectivity index (χ0n) is 18.1. The second-order valence-corrected chi connectivity index (χ2v) is 9.50. The lowest BCUT2D eigenvalue weighted by Crippen LogP contribution is -2.51. The number of carbonyl (C=O) groups excluding carboxylic acids is 4. The molecule has 8 heteroatoms. The maximum absolute atomic E-state index is 12.4. The van der Waals surface area contributed by atoms with Crippen LogP contribution in [0.4, 0.5) is 4.79 Å². The van der Waals surface area contributed by atoms with Gasteiger partial charge in [0.25, 0.3) is 0 Å². The molecule has 0 aromatic carbocycles. The Morgan fingerprint density at radius 1 is 0.871 bits per heavy atom. The maximum Gasteiger partial charge on any atom is 0.317 e. The zero-order chi connectivity index (χ0) is 22.1. The second kappa shape index (κ2) is 12.0. The fourth-order valence-corrected chi connectivity index (χ4v) is 4.93. The molecule has 2 aliphatic rings. The van der Waals surface area contributed by atoms with Crippen molar-refractivity contribution in [3.63, 3.8) is 0 Å².